The Bertz CT molecular complexity index is 398. The molecule has 1 atom stereocenters. The molecule has 0 aliphatic carbocycles. The highest BCUT2D eigenvalue weighted by molar-refractivity contribution is 7.89. The van der Waals surface area contributed by atoms with Crippen molar-refractivity contribution >= 4 is 16.0 Å². The average molecular weight is 246 g/mol. The number of hydrogen-bond acceptors (Lipinski definition) is 4. The van der Waals surface area contributed by atoms with E-state index in [-0.39, 0.29) is 12.3 Å². The number of carboxylic acids is 1. The fourth-order valence-electron chi connectivity index (χ4n) is 1.79. The molecule has 0 radical (unpaired) electrons. The van der Waals surface area contributed by atoms with Crippen LogP contribution in [0.4, 0.5) is 0 Å². The minimum absolute atomic E-state index is 0.0663. The Kier molecular flexibility index (Phi) is 4.26. The van der Waals surface area contributed by atoms with Gasteiger partial charge in [-0.3, -0.25) is 4.79 Å². The molecule has 1 fully saturated rings. The maximum atomic E-state index is 11.5. The third-order valence-corrected chi connectivity index (χ3v) is 4.27. The van der Waals surface area contributed by atoms with E-state index in [1.165, 1.54) is 4.31 Å². The average Bonchev–Trinajstić information content (AvgIpc) is 2.63. The predicted octanol–water partition coefficient (Wildman–Crippen LogP) is 0.0265. The van der Waals surface area contributed by atoms with Crippen LogP contribution in [0.25, 0.3) is 0 Å². The van der Waals surface area contributed by atoms with Crippen molar-refractivity contribution in [3.63, 3.8) is 0 Å². The highest BCUT2D eigenvalue weighted by atomic mass is 32.2. The van der Waals surface area contributed by atoms with Crippen LogP contribution < -0.4 is 0 Å². The van der Waals surface area contributed by atoms with Crippen molar-refractivity contribution in [2.75, 3.05) is 18.8 Å². The van der Waals surface area contributed by atoms with E-state index < -0.39 is 21.7 Å². The molecule has 1 rings (SSSR count). The van der Waals surface area contributed by atoms with E-state index in [0.29, 0.717) is 25.9 Å². The standard InChI is InChI=1S/C9H14N2O4S/c10-4-6-16(14,15)11-5-3-8(7-11)1-2-9(12)13/h8H,1-3,5-7H2,(H,12,13). The number of rotatable bonds is 5. The van der Waals surface area contributed by atoms with Gasteiger partial charge in [-0.05, 0) is 18.8 Å². The van der Waals surface area contributed by atoms with Gasteiger partial charge < -0.3 is 5.11 Å². The molecule has 0 aromatic carbocycles. The van der Waals surface area contributed by atoms with Gasteiger partial charge >= 0.3 is 5.97 Å². The number of nitrogens with zero attached hydrogens (tertiary/aromatic N) is 2. The van der Waals surface area contributed by atoms with Gasteiger partial charge in [0, 0.05) is 19.5 Å². The maximum Gasteiger partial charge on any atom is 0.303 e. The number of carbonyl (C=O) groups is 1. The zero-order valence-corrected chi connectivity index (χ0v) is 9.61. The summed E-state index contributed by atoms with van der Waals surface area (Å²) in [7, 11) is -3.46. The van der Waals surface area contributed by atoms with Crippen LogP contribution in [0.3, 0.4) is 0 Å². The Hall–Kier alpha value is -1.13. The Balaban J connectivity index is 2.47. The second-order valence-corrected chi connectivity index (χ2v) is 5.83. The number of nitriles is 1. The van der Waals surface area contributed by atoms with Gasteiger partial charge in [-0.2, -0.15) is 5.26 Å². The summed E-state index contributed by atoms with van der Waals surface area (Å²) in [5.74, 6) is -1.26. The zero-order chi connectivity index (χ0) is 12.2. The van der Waals surface area contributed by atoms with E-state index in [2.05, 4.69) is 0 Å². The van der Waals surface area contributed by atoms with Gasteiger partial charge in [0.1, 0.15) is 0 Å². The Labute approximate surface area is 94.5 Å². The highest BCUT2D eigenvalue weighted by Gasteiger charge is 2.30. The second kappa shape index (κ2) is 5.27. The lowest BCUT2D eigenvalue weighted by molar-refractivity contribution is -0.137. The molecular weight excluding hydrogens is 232 g/mol. The minimum atomic E-state index is -3.46. The third kappa shape index (κ3) is 3.47. The van der Waals surface area contributed by atoms with Crippen LogP contribution in [-0.4, -0.2) is 42.6 Å². The molecule has 6 nitrogen and oxygen atoms in total. The molecule has 0 spiro atoms. The molecule has 0 bridgehead atoms. The van der Waals surface area contributed by atoms with Crippen molar-refractivity contribution in [3.8, 4) is 6.07 Å². The summed E-state index contributed by atoms with van der Waals surface area (Å²) in [6, 6.07) is 1.63. The Morgan fingerprint density at radius 1 is 1.56 bits per heavy atom. The van der Waals surface area contributed by atoms with E-state index in [9.17, 15) is 13.2 Å². The summed E-state index contributed by atoms with van der Waals surface area (Å²) in [6.45, 7) is 0.742. The molecule has 0 aromatic heterocycles. The first-order valence-corrected chi connectivity index (χ1v) is 6.63. The van der Waals surface area contributed by atoms with Crippen molar-refractivity contribution in [2.45, 2.75) is 19.3 Å². The molecule has 0 saturated carbocycles. The predicted molar refractivity (Wildman–Crippen MR) is 55.9 cm³/mol. The number of hydrogen-bond donors (Lipinski definition) is 1. The normalized spacial score (nSPS) is 21.8. The quantitative estimate of drug-likeness (QED) is 0.737. The van der Waals surface area contributed by atoms with Crippen LogP contribution in [0.1, 0.15) is 19.3 Å². The van der Waals surface area contributed by atoms with Gasteiger partial charge in [0.2, 0.25) is 10.0 Å². The van der Waals surface area contributed by atoms with Gasteiger partial charge in [0.05, 0.1) is 6.07 Å². The molecule has 7 heteroatoms. The van der Waals surface area contributed by atoms with Crippen LogP contribution in [0, 0.1) is 17.2 Å². The van der Waals surface area contributed by atoms with Crippen LogP contribution in [-0.2, 0) is 14.8 Å². The van der Waals surface area contributed by atoms with E-state index in [1.54, 1.807) is 6.07 Å². The Morgan fingerprint density at radius 2 is 2.25 bits per heavy atom. The first-order chi connectivity index (χ1) is 7.45. The van der Waals surface area contributed by atoms with Crippen molar-refractivity contribution in [2.24, 2.45) is 5.92 Å². The number of aliphatic carboxylic acids is 1. The van der Waals surface area contributed by atoms with E-state index >= 15 is 0 Å². The molecule has 1 N–H and O–H groups in total. The summed E-state index contributed by atoms with van der Waals surface area (Å²) < 4.78 is 24.3. The van der Waals surface area contributed by atoms with Crippen molar-refractivity contribution in [1.82, 2.24) is 4.31 Å². The first kappa shape index (κ1) is 12.9. The monoisotopic (exact) mass is 246 g/mol. The fourth-order valence-corrected chi connectivity index (χ4v) is 2.95. The lowest BCUT2D eigenvalue weighted by Crippen LogP contribution is -2.30. The van der Waals surface area contributed by atoms with E-state index in [1.807, 2.05) is 0 Å². The summed E-state index contributed by atoms with van der Waals surface area (Å²) in [4.78, 5) is 10.4. The smallest absolute Gasteiger partial charge is 0.303 e. The van der Waals surface area contributed by atoms with Gasteiger partial charge in [0.15, 0.2) is 5.75 Å². The number of sulfonamides is 1. The summed E-state index contributed by atoms with van der Waals surface area (Å²) in [5, 5.41) is 16.9. The zero-order valence-electron chi connectivity index (χ0n) is 8.79. The third-order valence-electron chi connectivity index (χ3n) is 2.66. The molecule has 1 aliphatic heterocycles. The van der Waals surface area contributed by atoms with Crippen LogP contribution in [0.5, 0.6) is 0 Å². The van der Waals surface area contributed by atoms with Gasteiger partial charge in [-0.1, -0.05) is 0 Å². The molecule has 1 saturated heterocycles. The van der Waals surface area contributed by atoms with Crippen molar-refractivity contribution in [1.29, 1.82) is 5.26 Å². The van der Waals surface area contributed by atoms with E-state index in [4.69, 9.17) is 10.4 Å². The van der Waals surface area contributed by atoms with Crippen LogP contribution in [0.2, 0.25) is 0 Å². The second-order valence-electron chi connectivity index (χ2n) is 3.86. The summed E-state index contributed by atoms with van der Waals surface area (Å²) in [6.07, 6.45) is 1.24. The molecular formula is C9H14N2O4S. The molecule has 1 unspecified atom stereocenters. The van der Waals surface area contributed by atoms with Crippen LogP contribution in [0.15, 0.2) is 0 Å². The molecule has 16 heavy (non-hydrogen) atoms. The summed E-state index contributed by atoms with van der Waals surface area (Å²) in [5.41, 5.74) is 0. The van der Waals surface area contributed by atoms with E-state index in [0.717, 1.165) is 0 Å². The number of carboxylic acid groups (broad SMARTS) is 1. The molecule has 1 aliphatic rings. The maximum absolute atomic E-state index is 11.5. The lowest BCUT2D eigenvalue weighted by Gasteiger charge is -2.13. The lowest BCUT2D eigenvalue weighted by atomic mass is 10.0. The summed E-state index contributed by atoms with van der Waals surface area (Å²) >= 11 is 0. The molecule has 90 valence electrons. The Morgan fingerprint density at radius 3 is 2.81 bits per heavy atom. The van der Waals surface area contributed by atoms with Crippen molar-refractivity contribution in [3.05, 3.63) is 0 Å². The fraction of sp³-hybridized carbons (Fsp3) is 0.778. The van der Waals surface area contributed by atoms with Gasteiger partial charge in [-0.25, -0.2) is 12.7 Å². The molecule has 0 aromatic rings. The molecule has 1 heterocycles. The SMILES string of the molecule is N#CCS(=O)(=O)N1CCC(CCC(=O)O)C1. The molecule has 0 amide bonds. The van der Waals surface area contributed by atoms with Gasteiger partial charge in [-0.15, -0.1) is 0 Å². The largest absolute Gasteiger partial charge is 0.481 e. The topological polar surface area (TPSA) is 98.5 Å². The highest BCUT2D eigenvalue weighted by Crippen LogP contribution is 2.23. The first-order valence-electron chi connectivity index (χ1n) is 5.02. The van der Waals surface area contributed by atoms with Gasteiger partial charge in [0.25, 0.3) is 0 Å². The minimum Gasteiger partial charge on any atom is -0.481 e. The van der Waals surface area contributed by atoms with Crippen LogP contribution >= 0.6 is 0 Å². The van der Waals surface area contributed by atoms with Crippen molar-refractivity contribution < 1.29 is 18.3 Å².